The Hall–Kier alpha value is -4.01. The molecule has 2 N–H and O–H groups in total. The molecule has 1 aromatic heterocycles. The predicted octanol–water partition coefficient (Wildman–Crippen LogP) is 2.22. The monoisotopic (exact) mass is 408 g/mol. The van der Waals surface area contributed by atoms with Gasteiger partial charge in [-0.05, 0) is 35.9 Å². The molecule has 9 heteroatoms. The van der Waals surface area contributed by atoms with Crippen molar-refractivity contribution in [2.24, 2.45) is 0 Å². The average Bonchev–Trinajstić information content (AvgIpc) is 3.21. The van der Waals surface area contributed by atoms with Crippen molar-refractivity contribution in [2.45, 2.75) is 6.54 Å². The first-order valence-electron chi connectivity index (χ1n) is 9.35. The molecule has 0 unspecified atom stereocenters. The minimum absolute atomic E-state index is 0.209. The first-order chi connectivity index (χ1) is 14.7. The van der Waals surface area contributed by atoms with Crippen LogP contribution in [-0.4, -0.2) is 35.5 Å². The molecule has 0 fully saturated rings. The van der Waals surface area contributed by atoms with Crippen LogP contribution in [0.1, 0.15) is 5.56 Å². The van der Waals surface area contributed by atoms with E-state index in [-0.39, 0.29) is 18.5 Å². The SMILES string of the molecule is O=C(NCCOc1ccc2c(c1)OCO2)Nc1cccc(Cn2cccnc2=O)c1. The minimum atomic E-state index is -0.347. The number of urea groups is 1. The molecule has 0 saturated carbocycles. The first-order valence-corrected chi connectivity index (χ1v) is 9.35. The Morgan fingerprint density at radius 2 is 2.03 bits per heavy atom. The highest BCUT2D eigenvalue weighted by atomic mass is 16.7. The number of benzene rings is 2. The molecule has 2 aromatic carbocycles. The Kier molecular flexibility index (Phi) is 5.79. The number of hydrogen-bond donors (Lipinski definition) is 2. The van der Waals surface area contributed by atoms with E-state index in [1.807, 2.05) is 18.2 Å². The summed E-state index contributed by atoms with van der Waals surface area (Å²) < 4.78 is 17.7. The standard InChI is InChI=1S/C21H20N4O5/c26-20(22-8-10-28-17-5-6-18-19(12-17)30-14-29-18)24-16-4-1-3-15(11-16)13-25-9-2-7-23-21(25)27/h1-7,9,11-12H,8,10,13-14H2,(H2,22,24,26). The number of hydrogen-bond acceptors (Lipinski definition) is 6. The molecular weight excluding hydrogens is 388 g/mol. The van der Waals surface area contributed by atoms with Gasteiger partial charge in [-0.25, -0.2) is 14.6 Å². The Bertz CT molecular complexity index is 1100. The molecule has 30 heavy (non-hydrogen) atoms. The number of carbonyl (C=O) groups excluding carboxylic acids is 1. The molecule has 1 aliphatic heterocycles. The van der Waals surface area contributed by atoms with E-state index in [0.29, 0.717) is 42.6 Å². The summed E-state index contributed by atoms with van der Waals surface area (Å²) >= 11 is 0. The number of nitrogens with zero attached hydrogens (tertiary/aromatic N) is 2. The zero-order valence-electron chi connectivity index (χ0n) is 16.0. The summed E-state index contributed by atoms with van der Waals surface area (Å²) in [7, 11) is 0. The van der Waals surface area contributed by atoms with Gasteiger partial charge in [-0.15, -0.1) is 0 Å². The zero-order valence-corrected chi connectivity index (χ0v) is 16.0. The topological polar surface area (TPSA) is 104 Å². The van der Waals surface area contributed by atoms with E-state index in [1.165, 1.54) is 10.8 Å². The second kappa shape index (κ2) is 8.99. The van der Waals surface area contributed by atoms with Crippen LogP contribution in [0, 0.1) is 0 Å². The molecular formula is C21H20N4O5. The number of anilines is 1. The van der Waals surface area contributed by atoms with E-state index in [2.05, 4.69) is 15.6 Å². The maximum absolute atomic E-state index is 12.1. The number of carbonyl (C=O) groups is 1. The lowest BCUT2D eigenvalue weighted by Crippen LogP contribution is -2.32. The van der Waals surface area contributed by atoms with Gasteiger partial charge in [-0.1, -0.05) is 12.1 Å². The second-order valence-corrected chi connectivity index (χ2v) is 6.47. The van der Waals surface area contributed by atoms with Crippen molar-refractivity contribution in [3.05, 3.63) is 77.0 Å². The van der Waals surface area contributed by atoms with E-state index < -0.39 is 0 Å². The van der Waals surface area contributed by atoms with Crippen LogP contribution in [0.2, 0.25) is 0 Å². The van der Waals surface area contributed by atoms with Gasteiger partial charge in [-0.2, -0.15) is 0 Å². The highest BCUT2D eigenvalue weighted by Crippen LogP contribution is 2.34. The summed E-state index contributed by atoms with van der Waals surface area (Å²) in [5, 5.41) is 5.51. The Morgan fingerprint density at radius 3 is 2.93 bits per heavy atom. The van der Waals surface area contributed by atoms with Crippen LogP contribution in [0.3, 0.4) is 0 Å². The maximum atomic E-state index is 12.1. The number of amides is 2. The van der Waals surface area contributed by atoms with Gasteiger partial charge in [-0.3, -0.25) is 4.57 Å². The molecule has 0 bridgehead atoms. The third-order valence-electron chi connectivity index (χ3n) is 4.32. The van der Waals surface area contributed by atoms with Crippen LogP contribution in [-0.2, 0) is 6.54 Å². The third-order valence-corrected chi connectivity index (χ3v) is 4.32. The van der Waals surface area contributed by atoms with Crippen molar-refractivity contribution in [3.8, 4) is 17.2 Å². The highest BCUT2D eigenvalue weighted by molar-refractivity contribution is 5.89. The predicted molar refractivity (Wildman–Crippen MR) is 109 cm³/mol. The van der Waals surface area contributed by atoms with Crippen molar-refractivity contribution < 1.29 is 19.0 Å². The summed E-state index contributed by atoms with van der Waals surface area (Å²) in [6.45, 7) is 1.20. The van der Waals surface area contributed by atoms with Gasteiger partial charge < -0.3 is 24.8 Å². The molecule has 0 spiro atoms. The van der Waals surface area contributed by atoms with Gasteiger partial charge in [0.05, 0.1) is 13.1 Å². The van der Waals surface area contributed by atoms with Crippen molar-refractivity contribution in [1.29, 1.82) is 0 Å². The van der Waals surface area contributed by atoms with Crippen LogP contribution in [0.4, 0.5) is 10.5 Å². The molecule has 4 rings (SSSR count). The summed E-state index contributed by atoms with van der Waals surface area (Å²) in [5.41, 5.74) is 1.17. The van der Waals surface area contributed by atoms with Gasteiger partial charge in [0, 0.05) is 24.1 Å². The third kappa shape index (κ3) is 4.88. The molecule has 0 radical (unpaired) electrons. The Labute approximate surface area is 172 Å². The van der Waals surface area contributed by atoms with Crippen molar-refractivity contribution in [2.75, 3.05) is 25.3 Å². The van der Waals surface area contributed by atoms with Crippen LogP contribution in [0.25, 0.3) is 0 Å². The number of aromatic nitrogens is 2. The summed E-state index contributed by atoms with van der Waals surface area (Å²) in [6.07, 6.45) is 3.12. The normalized spacial score (nSPS) is 11.7. The van der Waals surface area contributed by atoms with Crippen LogP contribution < -0.4 is 30.5 Å². The number of fused-ring (bicyclic) bond motifs is 1. The van der Waals surface area contributed by atoms with E-state index in [1.54, 1.807) is 36.5 Å². The first kappa shape index (κ1) is 19.3. The van der Waals surface area contributed by atoms with E-state index in [4.69, 9.17) is 14.2 Å². The van der Waals surface area contributed by atoms with Crippen LogP contribution in [0.15, 0.2) is 65.7 Å². The molecule has 0 saturated heterocycles. The highest BCUT2D eigenvalue weighted by Gasteiger charge is 2.13. The van der Waals surface area contributed by atoms with E-state index in [0.717, 1.165) is 5.56 Å². The fourth-order valence-corrected chi connectivity index (χ4v) is 2.93. The van der Waals surface area contributed by atoms with Gasteiger partial charge >= 0.3 is 11.7 Å². The number of ether oxygens (including phenoxy) is 3. The largest absolute Gasteiger partial charge is 0.492 e. The lowest BCUT2D eigenvalue weighted by Gasteiger charge is -2.11. The number of rotatable bonds is 7. The molecule has 9 nitrogen and oxygen atoms in total. The van der Waals surface area contributed by atoms with Gasteiger partial charge in [0.2, 0.25) is 6.79 Å². The van der Waals surface area contributed by atoms with E-state index in [9.17, 15) is 9.59 Å². The minimum Gasteiger partial charge on any atom is -0.492 e. The van der Waals surface area contributed by atoms with Crippen molar-refractivity contribution in [1.82, 2.24) is 14.9 Å². The van der Waals surface area contributed by atoms with E-state index >= 15 is 0 Å². The lowest BCUT2D eigenvalue weighted by molar-refractivity contribution is 0.173. The zero-order chi connectivity index (χ0) is 20.8. The number of nitrogens with one attached hydrogen (secondary N) is 2. The summed E-state index contributed by atoms with van der Waals surface area (Å²) in [5.74, 6) is 1.97. The molecule has 0 atom stereocenters. The molecule has 154 valence electrons. The lowest BCUT2D eigenvalue weighted by atomic mass is 10.2. The average molecular weight is 408 g/mol. The Balaban J connectivity index is 1.24. The van der Waals surface area contributed by atoms with Gasteiger partial charge in [0.1, 0.15) is 12.4 Å². The van der Waals surface area contributed by atoms with Crippen molar-refractivity contribution in [3.63, 3.8) is 0 Å². The smallest absolute Gasteiger partial charge is 0.347 e. The van der Waals surface area contributed by atoms with Crippen molar-refractivity contribution >= 4 is 11.7 Å². The Morgan fingerprint density at radius 1 is 1.13 bits per heavy atom. The van der Waals surface area contributed by atoms with Crippen LogP contribution in [0.5, 0.6) is 17.2 Å². The fourth-order valence-electron chi connectivity index (χ4n) is 2.93. The molecule has 2 amide bonds. The molecule has 0 aliphatic carbocycles. The summed E-state index contributed by atoms with van der Waals surface area (Å²) in [6, 6.07) is 13.9. The quantitative estimate of drug-likeness (QED) is 0.581. The second-order valence-electron chi connectivity index (χ2n) is 6.47. The van der Waals surface area contributed by atoms with Gasteiger partial charge in [0.25, 0.3) is 0 Å². The van der Waals surface area contributed by atoms with Crippen LogP contribution >= 0.6 is 0 Å². The molecule has 1 aliphatic rings. The molecule has 2 heterocycles. The summed E-state index contributed by atoms with van der Waals surface area (Å²) in [4.78, 5) is 27.6. The maximum Gasteiger partial charge on any atom is 0.347 e. The van der Waals surface area contributed by atoms with Gasteiger partial charge in [0.15, 0.2) is 11.5 Å². The molecule has 3 aromatic rings. The fraction of sp³-hybridized carbons (Fsp3) is 0.190.